The average Bonchev–Trinajstić information content (AvgIpc) is 3.34. The van der Waals surface area contributed by atoms with Gasteiger partial charge < -0.3 is 4.74 Å². The molecule has 1 spiro atoms. The van der Waals surface area contributed by atoms with E-state index in [0.29, 0.717) is 12.4 Å². The summed E-state index contributed by atoms with van der Waals surface area (Å²) in [7, 11) is 0. The van der Waals surface area contributed by atoms with Crippen molar-refractivity contribution in [1.82, 2.24) is 5.01 Å². The zero-order chi connectivity index (χ0) is 19.8. The lowest BCUT2D eigenvalue weighted by molar-refractivity contribution is -0.141. The molecule has 2 aromatic rings. The van der Waals surface area contributed by atoms with Gasteiger partial charge in [0.05, 0.1) is 24.7 Å². The Balaban J connectivity index is 1.37. The van der Waals surface area contributed by atoms with Crippen LogP contribution in [0.1, 0.15) is 25.3 Å². The van der Waals surface area contributed by atoms with Gasteiger partial charge in [0.2, 0.25) is 0 Å². The van der Waals surface area contributed by atoms with Gasteiger partial charge >= 0.3 is 0 Å². The maximum Gasteiger partial charge on any atom is 0.254 e. The molecule has 0 unspecified atom stereocenters. The topological polar surface area (TPSA) is 59.0 Å². The van der Waals surface area contributed by atoms with Crippen molar-refractivity contribution in [3.8, 4) is 5.75 Å². The van der Waals surface area contributed by atoms with Crippen LogP contribution in [0.4, 0.5) is 0 Å². The van der Waals surface area contributed by atoms with Gasteiger partial charge in [-0.15, -0.1) is 0 Å². The third kappa shape index (κ3) is 2.13. The number of ether oxygens (including phenoxy) is 1. The van der Waals surface area contributed by atoms with Gasteiger partial charge in [-0.05, 0) is 53.9 Å². The molecule has 1 heterocycles. The highest BCUT2D eigenvalue weighted by atomic mass is 16.5. The lowest BCUT2D eigenvalue weighted by Crippen LogP contribution is -2.30. The van der Waals surface area contributed by atoms with Crippen molar-refractivity contribution in [2.24, 2.45) is 34.2 Å². The van der Waals surface area contributed by atoms with Crippen molar-refractivity contribution in [2.75, 3.05) is 6.61 Å². The van der Waals surface area contributed by atoms with Gasteiger partial charge in [0.15, 0.2) is 0 Å². The van der Waals surface area contributed by atoms with E-state index in [2.05, 4.69) is 17.3 Å². The Labute approximate surface area is 169 Å². The molecule has 0 N–H and O–H groups in total. The van der Waals surface area contributed by atoms with E-state index >= 15 is 0 Å². The SMILES string of the molecule is CCOc1ccc2ccccc2c1C=NN1C(=O)[C@@H]2[C@H](C1=O)[C@H]1C=C[C@@H]2C12CC2. The highest BCUT2D eigenvalue weighted by molar-refractivity contribution is 6.08. The smallest absolute Gasteiger partial charge is 0.254 e. The number of hydrogen-bond acceptors (Lipinski definition) is 4. The second kappa shape index (κ2) is 5.78. The minimum atomic E-state index is -0.226. The van der Waals surface area contributed by atoms with Gasteiger partial charge in [0.25, 0.3) is 11.8 Å². The number of hydrogen-bond donors (Lipinski definition) is 0. The zero-order valence-electron chi connectivity index (χ0n) is 16.2. The molecule has 29 heavy (non-hydrogen) atoms. The predicted octanol–water partition coefficient (Wildman–Crippen LogP) is 3.77. The zero-order valence-corrected chi connectivity index (χ0v) is 16.2. The molecule has 0 radical (unpaired) electrons. The van der Waals surface area contributed by atoms with Gasteiger partial charge in [0.1, 0.15) is 5.75 Å². The summed E-state index contributed by atoms with van der Waals surface area (Å²) in [6, 6.07) is 11.9. The van der Waals surface area contributed by atoms with E-state index < -0.39 is 0 Å². The Hall–Kier alpha value is -2.95. The van der Waals surface area contributed by atoms with Crippen LogP contribution in [-0.4, -0.2) is 29.6 Å². The summed E-state index contributed by atoms with van der Waals surface area (Å²) >= 11 is 0. The quantitative estimate of drug-likeness (QED) is 0.457. The fourth-order valence-electron chi connectivity index (χ4n) is 5.98. The number of nitrogens with zero attached hydrogens (tertiary/aromatic N) is 2. The normalized spacial score (nSPS) is 30.9. The molecule has 4 aliphatic rings. The molecule has 2 bridgehead atoms. The summed E-state index contributed by atoms with van der Waals surface area (Å²) in [4.78, 5) is 26.2. The molecule has 2 saturated carbocycles. The van der Waals surface area contributed by atoms with Gasteiger partial charge in [-0.3, -0.25) is 9.59 Å². The number of carbonyl (C=O) groups excluding carboxylic acids is 2. The van der Waals surface area contributed by atoms with Crippen molar-refractivity contribution in [3.63, 3.8) is 0 Å². The molecule has 146 valence electrons. The van der Waals surface area contributed by atoms with Crippen LogP contribution < -0.4 is 4.74 Å². The van der Waals surface area contributed by atoms with Crippen molar-refractivity contribution in [2.45, 2.75) is 19.8 Å². The van der Waals surface area contributed by atoms with Crippen molar-refractivity contribution >= 4 is 28.8 Å². The van der Waals surface area contributed by atoms with Gasteiger partial charge in [-0.1, -0.05) is 42.5 Å². The van der Waals surface area contributed by atoms with Crippen LogP contribution >= 0.6 is 0 Å². The molecule has 4 atom stereocenters. The van der Waals surface area contributed by atoms with Gasteiger partial charge in [0, 0.05) is 5.56 Å². The molecule has 2 amide bonds. The lowest BCUT2D eigenvalue weighted by atomic mass is 9.85. The van der Waals surface area contributed by atoms with E-state index in [0.717, 1.165) is 34.2 Å². The number of hydrazone groups is 1. The maximum absolute atomic E-state index is 13.1. The summed E-state index contributed by atoms with van der Waals surface area (Å²) in [5, 5.41) is 7.57. The number of carbonyl (C=O) groups is 2. The van der Waals surface area contributed by atoms with Crippen molar-refractivity contribution in [3.05, 3.63) is 54.1 Å². The van der Waals surface area contributed by atoms with Gasteiger partial charge in [-0.25, -0.2) is 0 Å². The summed E-state index contributed by atoms with van der Waals surface area (Å²) in [5.74, 6) is 0.395. The first-order valence-electron chi connectivity index (χ1n) is 10.4. The van der Waals surface area contributed by atoms with Crippen LogP contribution in [0.2, 0.25) is 0 Å². The minimum absolute atomic E-state index is 0.141. The van der Waals surface area contributed by atoms with E-state index in [-0.39, 0.29) is 40.9 Å². The van der Waals surface area contributed by atoms with Gasteiger partial charge in [-0.2, -0.15) is 10.1 Å². The second-order valence-electron chi connectivity index (χ2n) is 8.59. The summed E-state index contributed by atoms with van der Waals surface area (Å²) in [6.45, 7) is 2.46. The van der Waals surface area contributed by atoms with Crippen molar-refractivity contribution in [1.29, 1.82) is 0 Å². The summed E-state index contributed by atoms with van der Waals surface area (Å²) < 4.78 is 5.78. The monoisotopic (exact) mass is 386 g/mol. The molecule has 2 aromatic carbocycles. The van der Waals surface area contributed by atoms with Crippen LogP contribution in [0.5, 0.6) is 5.75 Å². The molecular formula is C24H22N2O3. The van der Waals surface area contributed by atoms with Crippen LogP contribution in [-0.2, 0) is 9.59 Å². The highest BCUT2D eigenvalue weighted by Crippen LogP contribution is 2.73. The molecule has 3 aliphatic carbocycles. The molecular weight excluding hydrogens is 364 g/mol. The Morgan fingerprint density at radius 1 is 1.07 bits per heavy atom. The molecule has 6 rings (SSSR count). The number of rotatable bonds is 4. The molecule has 3 fully saturated rings. The molecule has 1 aliphatic heterocycles. The number of allylic oxidation sites excluding steroid dienone is 2. The molecule has 0 aromatic heterocycles. The van der Waals surface area contributed by atoms with Crippen molar-refractivity contribution < 1.29 is 14.3 Å². The second-order valence-corrected chi connectivity index (χ2v) is 8.59. The minimum Gasteiger partial charge on any atom is -0.493 e. The Morgan fingerprint density at radius 2 is 1.76 bits per heavy atom. The molecule has 5 nitrogen and oxygen atoms in total. The summed E-state index contributed by atoms with van der Waals surface area (Å²) in [6.07, 6.45) is 8.25. The highest BCUT2D eigenvalue weighted by Gasteiger charge is 2.73. The average molecular weight is 386 g/mol. The third-order valence-corrected chi connectivity index (χ3v) is 7.36. The third-order valence-electron chi connectivity index (χ3n) is 7.36. The van der Waals surface area contributed by atoms with Crippen LogP contribution in [0.3, 0.4) is 0 Å². The lowest BCUT2D eigenvalue weighted by Gasteiger charge is -2.19. The van der Waals surface area contributed by atoms with E-state index in [4.69, 9.17) is 4.74 Å². The van der Waals surface area contributed by atoms with Crippen LogP contribution in [0.25, 0.3) is 10.8 Å². The van der Waals surface area contributed by atoms with E-state index in [1.807, 2.05) is 43.3 Å². The summed E-state index contributed by atoms with van der Waals surface area (Å²) in [5.41, 5.74) is 0.996. The van der Waals surface area contributed by atoms with E-state index in [1.165, 1.54) is 0 Å². The number of fused-ring (bicyclic) bond motifs is 4. The molecule has 1 saturated heterocycles. The van der Waals surface area contributed by atoms with Crippen LogP contribution in [0, 0.1) is 29.1 Å². The van der Waals surface area contributed by atoms with E-state index in [9.17, 15) is 9.59 Å². The molecule has 5 heteroatoms. The Morgan fingerprint density at radius 3 is 2.41 bits per heavy atom. The number of imide groups is 1. The number of amides is 2. The Bertz CT molecular complexity index is 1080. The largest absolute Gasteiger partial charge is 0.493 e. The first-order valence-corrected chi connectivity index (χ1v) is 10.4. The maximum atomic E-state index is 13.1. The fraction of sp³-hybridized carbons (Fsp3) is 0.375. The first kappa shape index (κ1) is 17.0. The van der Waals surface area contributed by atoms with E-state index in [1.54, 1.807) is 6.21 Å². The first-order chi connectivity index (χ1) is 14.2. The fourth-order valence-corrected chi connectivity index (χ4v) is 5.98. The predicted molar refractivity (Wildman–Crippen MR) is 109 cm³/mol. The standard InChI is InChI=1S/C24H22N2O3/c1-2-29-19-10-7-14-5-3-4-6-15(14)16(19)13-25-26-22(27)20-17-8-9-18(21(20)23(26)28)24(17)11-12-24/h3-10,13,17-18,20-21H,2,11-12H2,1H3/t17-,18+,20-,21+. The number of benzene rings is 2. The Kier molecular flexibility index (Phi) is 3.38. The van der Waals surface area contributed by atoms with Crippen LogP contribution in [0.15, 0.2) is 53.7 Å².